The molecule has 1 aromatic rings. The molecule has 4 saturated heterocycles. The Kier molecular flexibility index (Phi) is 7.70. The van der Waals surface area contributed by atoms with Gasteiger partial charge in [0.15, 0.2) is 6.61 Å². The summed E-state index contributed by atoms with van der Waals surface area (Å²) in [5.74, 6) is 2.12. The summed E-state index contributed by atoms with van der Waals surface area (Å²) >= 11 is 0. The maximum Gasteiger partial charge on any atom is 0.260 e. The van der Waals surface area contributed by atoms with E-state index < -0.39 is 0 Å². The summed E-state index contributed by atoms with van der Waals surface area (Å²) in [4.78, 5) is 33.0. The number of para-hydroxylation sites is 1. The molecule has 4 aliphatic heterocycles. The van der Waals surface area contributed by atoms with Crippen LogP contribution in [0.25, 0.3) is 0 Å². The van der Waals surface area contributed by atoms with Crippen LogP contribution in [0.1, 0.15) is 44.9 Å². The molecule has 7 nitrogen and oxygen atoms in total. The van der Waals surface area contributed by atoms with E-state index in [0.29, 0.717) is 50.6 Å². The van der Waals surface area contributed by atoms with Crippen molar-refractivity contribution in [3.63, 3.8) is 0 Å². The molecule has 1 aromatic carbocycles. The molecule has 0 unspecified atom stereocenters. The fraction of sp³-hybridized carbons (Fsp3) is 0.704. The van der Waals surface area contributed by atoms with Gasteiger partial charge < -0.3 is 19.3 Å². The second-order valence-electron chi connectivity index (χ2n) is 10.3. The monoisotopic (exact) mass is 469 g/mol. The van der Waals surface area contributed by atoms with Crippen molar-refractivity contribution in [2.45, 2.75) is 57.0 Å². The molecule has 0 spiro atoms. The first-order valence-electron chi connectivity index (χ1n) is 13.3. The van der Waals surface area contributed by atoms with Crippen molar-refractivity contribution in [1.82, 2.24) is 14.7 Å². The van der Waals surface area contributed by atoms with Gasteiger partial charge in [0.25, 0.3) is 5.91 Å². The van der Waals surface area contributed by atoms with Crippen molar-refractivity contribution in [1.29, 1.82) is 0 Å². The second kappa shape index (κ2) is 11.1. The Morgan fingerprint density at radius 1 is 0.971 bits per heavy atom. The van der Waals surface area contributed by atoms with Crippen molar-refractivity contribution in [3.05, 3.63) is 30.3 Å². The van der Waals surface area contributed by atoms with Crippen molar-refractivity contribution in [2.75, 3.05) is 52.5 Å². The third kappa shape index (κ3) is 5.25. The number of nitrogens with zero attached hydrogens (tertiary/aromatic N) is 3. The lowest BCUT2D eigenvalue weighted by Crippen LogP contribution is -2.66. The van der Waals surface area contributed by atoms with Gasteiger partial charge in [-0.1, -0.05) is 18.2 Å². The van der Waals surface area contributed by atoms with Crippen molar-refractivity contribution in [2.24, 2.45) is 11.8 Å². The number of piperidine rings is 3. The van der Waals surface area contributed by atoms with Crippen molar-refractivity contribution >= 4 is 11.8 Å². The van der Waals surface area contributed by atoms with Crippen molar-refractivity contribution < 1.29 is 19.1 Å². The zero-order valence-electron chi connectivity index (χ0n) is 20.3. The predicted molar refractivity (Wildman–Crippen MR) is 129 cm³/mol. The quantitative estimate of drug-likeness (QED) is 0.615. The minimum atomic E-state index is 0.0844. The SMILES string of the molecule is O=C(CCC[C@@H]1[C@H]2CCCN3CCC[C@@H](CN1C(=O)COc1ccccc1)[C@@H]23)N1CCOCC1. The van der Waals surface area contributed by atoms with E-state index in [-0.39, 0.29) is 24.5 Å². The molecule has 0 aromatic heterocycles. The minimum absolute atomic E-state index is 0.0844. The normalized spacial score (nSPS) is 29.4. The number of hydrogen-bond acceptors (Lipinski definition) is 5. The van der Waals surface area contributed by atoms with E-state index >= 15 is 0 Å². The third-order valence-electron chi connectivity index (χ3n) is 8.35. The lowest BCUT2D eigenvalue weighted by Gasteiger charge is -2.57. The Morgan fingerprint density at radius 3 is 2.53 bits per heavy atom. The Bertz CT molecular complexity index is 826. The molecule has 4 aliphatic rings. The van der Waals surface area contributed by atoms with Crippen LogP contribution < -0.4 is 4.74 Å². The second-order valence-corrected chi connectivity index (χ2v) is 10.3. The van der Waals surface area contributed by atoms with E-state index in [1.807, 2.05) is 35.2 Å². The highest BCUT2D eigenvalue weighted by Gasteiger charge is 2.49. The Balaban J connectivity index is 1.26. The number of likely N-dealkylation sites (tertiary alicyclic amines) is 1. The molecule has 0 saturated carbocycles. The number of morpholine rings is 1. The molecule has 0 aliphatic carbocycles. The number of carbonyl (C=O) groups is 2. The van der Waals surface area contributed by atoms with Gasteiger partial charge in [0.1, 0.15) is 5.75 Å². The van der Waals surface area contributed by atoms with Gasteiger partial charge in [-0.15, -0.1) is 0 Å². The van der Waals surface area contributed by atoms with Crippen LogP contribution in [0.15, 0.2) is 30.3 Å². The van der Waals surface area contributed by atoms with Crippen LogP contribution in [0.2, 0.25) is 0 Å². The van der Waals surface area contributed by atoms with Gasteiger partial charge in [0, 0.05) is 38.1 Å². The highest BCUT2D eigenvalue weighted by molar-refractivity contribution is 5.78. The molecular weight excluding hydrogens is 430 g/mol. The number of carbonyl (C=O) groups excluding carboxylic acids is 2. The van der Waals surface area contributed by atoms with Crippen LogP contribution in [-0.4, -0.2) is 91.1 Å². The molecule has 4 fully saturated rings. The van der Waals surface area contributed by atoms with E-state index in [1.54, 1.807) is 0 Å². The molecular formula is C27H39N3O4. The lowest BCUT2D eigenvalue weighted by molar-refractivity contribution is -0.148. The fourth-order valence-corrected chi connectivity index (χ4v) is 6.83. The molecule has 2 amide bonds. The maximum atomic E-state index is 13.5. The molecule has 0 radical (unpaired) electrons. The Morgan fingerprint density at radius 2 is 1.74 bits per heavy atom. The van der Waals surface area contributed by atoms with Gasteiger partial charge in [0.2, 0.25) is 5.91 Å². The zero-order valence-corrected chi connectivity index (χ0v) is 20.3. The van der Waals surface area contributed by atoms with Crippen LogP contribution in [0.5, 0.6) is 5.75 Å². The highest BCUT2D eigenvalue weighted by Crippen LogP contribution is 2.43. The topological polar surface area (TPSA) is 62.3 Å². The Hall–Kier alpha value is -2.12. The first kappa shape index (κ1) is 23.6. The smallest absolute Gasteiger partial charge is 0.260 e. The van der Waals surface area contributed by atoms with Crippen LogP contribution in [0.4, 0.5) is 0 Å². The average Bonchev–Trinajstić information content (AvgIpc) is 2.89. The van der Waals surface area contributed by atoms with Crippen LogP contribution in [0, 0.1) is 11.8 Å². The molecule has 0 N–H and O–H groups in total. The van der Waals surface area contributed by atoms with Gasteiger partial charge >= 0.3 is 0 Å². The molecule has 4 heterocycles. The van der Waals surface area contributed by atoms with E-state index in [9.17, 15) is 9.59 Å². The summed E-state index contributed by atoms with van der Waals surface area (Å²) in [6.07, 6.45) is 7.12. The van der Waals surface area contributed by atoms with Gasteiger partial charge in [-0.2, -0.15) is 0 Å². The lowest BCUT2D eigenvalue weighted by atomic mass is 9.69. The Labute approximate surface area is 203 Å². The fourth-order valence-electron chi connectivity index (χ4n) is 6.83. The third-order valence-corrected chi connectivity index (χ3v) is 8.35. The summed E-state index contributed by atoms with van der Waals surface area (Å²) in [6, 6.07) is 10.4. The first-order chi connectivity index (χ1) is 16.7. The van der Waals surface area contributed by atoms with Crippen LogP contribution >= 0.6 is 0 Å². The summed E-state index contributed by atoms with van der Waals surface area (Å²) < 4.78 is 11.2. The zero-order chi connectivity index (χ0) is 23.3. The molecule has 4 atom stereocenters. The van der Waals surface area contributed by atoms with E-state index in [0.717, 1.165) is 25.1 Å². The number of ether oxygens (including phenoxy) is 2. The summed E-state index contributed by atoms with van der Waals surface area (Å²) in [5, 5.41) is 0. The summed E-state index contributed by atoms with van der Waals surface area (Å²) in [6.45, 7) is 5.99. The standard InChI is InChI=1S/C27H39N3O4/c31-25(28-15-17-33-18-16-28)12-4-11-24-23-10-6-14-29-13-5-7-21(27(23)29)19-30(24)26(32)20-34-22-8-2-1-3-9-22/h1-3,8-9,21,23-24,27H,4-7,10-20H2/t21-,23+,24+,27-/m0/s1. The summed E-state index contributed by atoms with van der Waals surface area (Å²) in [5.41, 5.74) is 0. The van der Waals surface area contributed by atoms with Gasteiger partial charge in [0.05, 0.1) is 13.2 Å². The van der Waals surface area contributed by atoms with E-state index in [2.05, 4.69) is 9.80 Å². The van der Waals surface area contributed by atoms with E-state index in [4.69, 9.17) is 9.47 Å². The average molecular weight is 470 g/mol. The van der Waals surface area contributed by atoms with Gasteiger partial charge in [-0.25, -0.2) is 0 Å². The number of rotatable bonds is 7. The first-order valence-corrected chi connectivity index (χ1v) is 13.3. The largest absolute Gasteiger partial charge is 0.484 e. The molecule has 0 bridgehead atoms. The molecule has 7 heteroatoms. The highest BCUT2D eigenvalue weighted by atomic mass is 16.5. The number of benzene rings is 1. The van der Waals surface area contributed by atoms with Gasteiger partial charge in [-0.05, 0) is 75.6 Å². The molecule has 34 heavy (non-hydrogen) atoms. The number of amides is 2. The maximum absolute atomic E-state index is 13.5. The molecule has 186 valence electrons. The van der Waals surface area contributed by atoms with Crippen LogP contribution in [-0.2, 0) is 14.3 Å². The van der Waals surface area contributed by atoms with Crippen LogP contribution in [0.3, 0.4) is 0 Å². The van der Waals surface area contributed by atoms with E-state index in [1.165, 1.54) is 38.8 Å². The number of hydrogen-bond donors (Lipinski definition) is 0. The molecule has 5 rings (SSSR count). The van der Waals surface area contributed by atoms with Gasteiger partial charge in [-0.3, -0.25) is 14.5 Å². The van der Waals surface area contributed by atoms with Crippen molar-refractivity contribution in [3.8, 4) is 5.75 Å². The predicted octanol–water partition coefficient (Wildman–Crippen LogP) is 2.80. The minimum Gasteiger partial charge on any atom is -0.484 e. The summed E-state index contributed by atoms with van der Waals surface area (Å²) in [7, 11) is 0.